The molecule has 0 aliphatic heterocycles. The Kier molecular flexibility index (Phi) is 6.17. The maximum atomic E-state index is 10.2. The average Bonchev–Trinajstić information content (AvgIpc) is 3.06. The third-order valence-corrected chi connectivity index (χ3v) is 10.3. The lowest BCUT2D eigenvalue weighted by molar-refractivity contribution is 0.0326. The van der Waals surface area contributed by atoms with E-state index in [1.165, 1.54) is 50.5 Å². The lowest BCUT2D eigenvalue weighted by Crippen LogP contribution is -2.46. The van der Waals surface area contributed by atoms with Crippen molar-refractivity contribution in [2.75, 3.05) is 0 Å². The Morgan fingerprint density at radius 3 is 2.53 bits per heavy atom. The van der Waals surface area contributed by atoms with Gasteiger partial charge in [-0.25, -0.2) is 0 Å². The van der Waals surface area contributed by atoms with Gasteiger partial charge in [-0.1, -0.05) is 69.6 Å². The summed E-state index contributed by atoms with van der Waals surface area (Å²) in [5.41, 5.74) is 5.77. The number of rotatable bonds is 5. The summed E-state index contributed by atoms with van der Waals surface area (Å²) >= 11 is 0. The summed E-state index contributed by atoms with van der Waals surface area (Å²) in [6.45, 7) is 14.6. The second kappa shape index (κ2) is 8.27. The molecule has 0 radical (unpaired) electrons. The zero-order chi connectivity index (χ0) is 21.7. The van der Waals surface area contributed by atoms with Gasteiger partial charge in [-0.05, 0) is 105 Å². The first-order chi connectivity index (χ1) is 14.2. The van der Waals surface area contributed by atoms with Crippen molar-refractivity contribution < 1.29 is 5.11 Å². The van der Waals surface area contributed by atoms with E-state index in [0.717, 1.165) is 36.5 Å². The van der Waals surface area contributed by atoms with Crippen LogP contribution in [0.1, 0.15) is 99.3 Å². The summed E-state index contributed by atoms with van der Waals surface area (Å²) in [5, 5.41) is 10.2. The summed E-state index contributed by atoms with van der Waals surface area (Å²) in [6, 6.07) is 0. The van der Waals surface area contributed by atoms with Crippen LogP contribution in [0.4, 0.5) is 0 Å². The molecule has 1 N–H and O–H groups in total. The van der Waals surface area contributed by atoms with Gasteiger partial charge < -0.3 is 5.11 Å². The van der Waals surface area contributed by atoms with E-state index < -0.39 is 0 Å². The van der Waals surface area contributed by atoms with Crippen molar-refractivity contribution in [1.29, 1.82) is 0 Å². The molecule has 0 saturated heterocycles. The highest BCUT2D eigenvalue weighted by Crippen LogP contribution is 2.66. The van der Waals surface area contributed by atoms with Gasteiger partial charge in [0.1, 0.15) is 0 Å². The summed E-state index contributed by atoms with van der Waals surface area (Å²) in [7, 11) is 0. The van der Waals surface area contributed by atoms with E-state index in [0.29, 0.717) is 16.7 Å². The van der Waals surface area contributed by atoms with E-state index >= 15 is 0 Å². The standard InChI is InChI=1S/C29H46O/c1-7-21(19(2)3)9-8-20(4)25-12-13-26-24-11-10-22-18-23(30)14-16-28(22,5)27(24)15-17-29(25,26)6/h7,10-11,19-20,23,25-27,30H,8-9,12-18H2,1-6H3/b21-7-/t20-,23+,25-,26-,27-,28+,29-/m1/s1. The molecule has 168 valence electrons. The van der Waals surface area contributed by atoms with Crippen LogP contribution in [0.15, 0.2) is 34.9 Å². The van der Waals surface area contributed by atoms with Crippen LogP contribution in [-0.2, 0) is 0 Å². The van der Waals surface area contributed by atoms with Gasteiger partial charge in [0.15, 0.2) is 0 Å². The molecule has 3 saturated carbocycles. The Morgan fingerprint density at radius 1 is 1.07 bits per heavy atom. The lowest BCUT2D eigenvalue weighted by Gasteiger charge is -2.55. The van der Waals surface area contributed by atoms with Crippen LogP contribution in [0.2, 0.25) is 0 Å². The lowest BCUT2D eigenvalue weighted by atomic mass is 9.50. The van der Waals surface area contributed by atoms with Crippen LogP contribution < -0.4 is 0 Å². The molecule has 1 nitrogen and oxygen atoms in total. The summed E-state index contributed by atoms with van der Waals surface area (Å²) in [6.07, 6.45) is 18.5. The van der Waals surface area contributed by atoms with Gasteiger partial charge in [0.05, 0.1) is 6.10 Å². The highest BCUT2D eigenvalue weighted by atomic mass is 16.3. The van der Waals surface area contributed by atoms with Gasteiger partial charge in [0.2, 0.25) is 0 Å². The first-order valence-corrected chi connectivity index (χ1v) is 12.9. The minimum absolute atomic E-state index is 0.113. The zero-order valence-corrected chi connectivity index (χ0v) is 20.5. The Labute approximate surface area is 186 Å². The van der Waals surface area contributed by atoms with Crippen molar-refractivity contribution >= 4 is 0 Å². The topological polar surface area (TPSA) is 20.2 Å². The normalized spacial score (nSPS) is 42.2. The molecule has 0 aromatic rings. The average molecular weight is 411 g/mol. The van der Waals surface area contributed by atoms with Crippen molar-refractivity contribution in [3.63, 3.8) is 0 Å². The van der Waals surface area contributed by atoms with Crippen LogP contribution in [0, 0.1) is 40.4 Å². The van der Waals surface area contributed by atoms with Gasteiger partial charge in [-0.2, -0.15) is 0 Å². The first kappa shape index (κ1) is 22.4. The van der Waals surface area contributed by atoms with Gasteiger partial charge in [0, 0.05) is 0 Å². The summed E-state index contributed by atoms with van der Waals surface area (Å²) < 4.78 is 0. The van der Waals surface area contributed by atoms with E-state index in [2.05, 4.69) is 59.8 Å². The monoisotopic (exact) mass is 410 g/mol. The smallest absolute Gasteiger partial charge is 0.0578 e. The van der Waals surface area contributed by atoms with Crippen molar-refractivity contribution in [2.45, 2.75) is 105 Å². The maximum absolute atomic E-state index is 10.2. The van der Waals surface area contributed by atoms with Gasteiger partial charge in [0.25, 0.3) is 0 Å². The fourth-order valence-corrected chi connectivity index (χ4v) is 8.32. The molecule has 4 aliphatic rings. The largest absolute Gasteiger partial charge is 0.393 e. The maximum Gasteiger partial charge on any atom is 0.0578 e. The zero-order valence-electron chi connectivity index (χ0n) is 20.5. The molecule has 0 aromatic carbocycles. The molecular formula is C29H46O. The van der Waals surface area contributed by atoms with Crippen LogP contribution in [0.25, 0.3) is 0 Å². The van der Waals surface area contributed by atoms with E-state index in [1.807, 2.05) is 0 Å². The number of aliphatic hydroxyl groups excluding tert-OH is 1. The van der Waals surface area contributed by atoms with Crippen LogP contribution >= 0.6 is 0 Å². The van der Waals surface area contributed by atoms with Crippen molar-refractivity contribution in [3.05, 3.63) is 34.9 Å². The molecule has 0 heterocycles. The molecule has 0 aromatic heterocycles. The minimum Gasteiger partial charge on any atom is -0.393 e. The predicted octanol–water partition coefficient (Wildman–Crippen LogP) is 7.87. The Morgan fingerprint density at radius 2 is 1.83 bits per heavy atom. The Hall–Kier alpha value is -0.820. The predicted molar refractivity (Wildman–Crippen MR) is 128 cm³/mol. The number of aliphatic hydroxyl groups is 1. The van der Waals surface area contributed by atoms with Gasteiger partial charge >= 0.3 is 0 Å². The quantitative estimate of drug-likeness (QED) is 0.457. The molecule has 4 rings (SSSR count). The molecule has 0 amide bonds. The highest BCUT2D eigenvalue weighted by molar-refractivity contribution is 5.38. The third kappa shape index (κ3) is 3.58. The summed E-state index contributed by atoms with van der Waals surface area (Å²) in [4.78, 5) is 0. The molecule has 30 heavy (non-hydrogen) atoms. The second-order valence-corrected chi connectivity index (χ2v) is 12.0. The second-order valence-electron chi connectivity index (χ2n) is 12.0. The Balaban J connectivity index is 1.52. The fraction of sp³-hybridized carbons (Fsp3) is 0.793. The van der Waals surface area contributed by atoms with E-state index in [-0.39, 0.29) is 6.10 Å². The number of fused-ring (bicyclic) bond motifs is 5. The first-order valence-electron chi connectivity index (χ1n) is 12.9. The highest BCUT2D eigenvalue weighted by Gasteiger charge is 2.56. The van der Waals surface area contributed by atoms with Crippen molar-refractivity contribution in [1.82, 2.24) is 0 Å². The SMILES string of the molecule is C/C=C(/CC[C@@H](C)[C@H]1CC[C@@H]2C3=CC=C4C[C@@H](O)CC[C@]4(C)[C@@H]3CC[C@@]21C)C(C)C. The summed E-state index contributed by atoms with van der Waals surface area (Å²) in [5.74, 6) is 3.90. The number of hydrogen-bond acceptors (Lipinski definition) is 1. The van der Waals surface area contributed by atoms with Crippen LogP contribution in [0.5, 0.6) is 0 Å². The third-order valence-electron chi connectivity index (χ3n) is 10.3. The molecule has 3 fully saturated rings. The molecular weight excluding hydrogens is 364 g/mol. The van der Waals surface area contributed by atoms with E-state index in [9.17, 15) is 5.11 Å². The van der Waals surface area contributed by atoms with Crippen molar-refractivity contribution in [3.8, 4) is 0 Å². The van der Waals surface area contributed by atoms with Gasteiger partial charge in [-0.15, -0.1) is 0 Å². The molecule has 1 heteroatoms. The van der Waals surface area contributed by atoms with Crippen molar-refractivity contribution in [2.24, 2.45) is 40.4 Å². The minimum atomic E-state index is -0.113. The number of hydrogen-bond donors (Lipinski definition) is 1. The van der Waals surface area contributed by atoms with Crippen LogP contribution in [0.3, 0.4) is 0 Å². The van der Waals surface area contributed by atoms with Crippen LogP contribution in [-0.4, -0.2) is 11.2 Å². The number of allylic oxidation sites excluding steroid dienone is 5. The molecule has 0 unspecified atom stereocenters. The Bertz CT molecular complexity index is 739. The van der Waals surface area contributed by atoms with Gasteiger partial charge in [-0.3, -0.25) is 0 Å². The molecule has 0 bridgehead atoms. The molecule has 0 spiro atoms. The fourth-order valence-electron chi connectivity index (χ4n) is 8.32. The van der Waals surface area contributed by atoms with E-state index in [1.54, 1.807) is 11.1 Å². The molecule has 4 aliphatic carbocycles. The molecule has 7 atom stereocenters. The van der Waals surface area contributed by atoms with E-state index in [4.69, 9.17) is 0 Å².